The van der Waals surface area contributed by atoms with E-state index < -0.39 is 20.2 Å². The van der Waals surface area contributed by atoms with Crippen molar-refractivity contribution in [2.45, 2.75) is 32.1 Å². The summed E-state index contributed by atoms with van der Waals surface area (Å²) >= 11 is 0. The van der Waals surface area contributed by atoms with E-state index in [2.05, 4.69) is 24.6 Å². The smallest absolute Gasteiger partial charge is 0.320 e. The molecule has 0 spiro atoms. The molecule has 4 heteroatoms. The van der Waals surface area contributed by atoms with Crippen LogP contribution in [0.5, 0.6) is 0 Å². The van der Waals surface area contributed by atoms with Crippen molar-refractivity contribution in [3.63, 3.8) is 0 Å². The molecule has 16 heavy (non-hydrogen) atoms. The van der Waals surface area contributed by atoms with E-state index in [0.29, 0.717) is 6.42 Å². The summed E-state index contributed by atoms with van der Waals surface area (Å²) in [6.45, 7) is 6.32. The maximum Gasteiger partial charge on any atom is 0.320 e. The van der Waals surface area contributed by atoms with Gasteiger partial charge in [0.2, 0.25) is 0 Å². The van der Waals surface area contributed by atoms with Crippen LogP contribution in [-0.2, 0) is 11.2 Å². The zero-order valence-corrected chi connectivity index (χ0v) is 11.0. The number of hydrogen-bond donors (Lipinski definition) is 2. The normalized spacial score (nSPS) is 13.4. The average molecular weight is 237 g/mol. The molecule has 0 heterocycles. The van der Waals surface area contributed by atoms with Crippen molar-refractivity contribution in [3.05, 3.63) is 35.9 Å². The predicted molar refractivity (Wildman–Crippen MR) is 68.1 cm³/mol. The van der Waals surface area contributed by atoms with Crippen molar-refractivity contribution in [2.75, 3.05) is 0 Å². The van der Waals surface area contributed by atoms with Crippen molar-refractivity contribution in [1.82, 2.24) is 4.98 Å². The summed E-state index contributed by atoms with van der Waals surface area (Å²) in [7, 11) is -1.57. The maximum atomic E-state index is 11.1. The minimum Gasteiger partial charge on any atom is -0.480 e. The van der Waals surface area contributed by atoms with Crippen LogP contribution in [0, 0.1) is 0 Å². The Hall–Kier alpha value is -1.13. The molecule has 0 bridgehead atoms. The summed E-state index contributed by atoms with van der Waals surface area (Å²) in [6.07, 6.45) is 0.542. The highest BCUT2D eigenvalue weighted by Crippen LogP contribution is 2.06. The molecule has 0 saturated carbocycles. The van der Waals surface area contributed by atoms with Gasteiger partial charge in [0.1, 0.15) is 14.3 Å². The standard InChI is InChI=1S/C12H19NO2Si/c1-16(2,3)13-11(12(14)15)9-10-7-5-4-6-8-10/h4-8,11,13H,9H2,1-3H3,(H,14,15)/t11-/m0/s1. The van der Waals surface area contributed by atoms with E-state index in [1.165, 1.54) is 0 Å². The second kappa shape index (κ2) is 5.27. The van der Waals surface area contributed by atoms with Crippen LogP contribution < -0.4 is 4.98 Å². The van der Waals surface area contributed by atoms with Gasteiger partial charge in [0, 0.05) is 0 Å². The van der Waals surface area contributed by atoms with Crippen LogP contribution in [-0.4, -0.2) is 25.4 Å². The molecular weight excluding hydrogens is 218 g/mol. The summed E-state index contributed by atoms with van der Waals surface area (Å²) < 4.78 is 0. The van der Waals surface area contributed by atoms with E-state index in [-0.39, 0.29) is 0 Å². The highest BCUT2D eigenvalue weighted by molar-refractivity contribution is 6.73. The molecule has 1 aromatic carbocycles. The number of carboxylic acids is 1. The highest BCUT2D eigenvalue weighted by Gasteiger charge is 2.24. The van der Waals surface area contributed by atoms with Gasteiger partial charge in [-0.1, -0.05) is 50.0 Å². The van der Waals surface area contributed by atoms with Crippen molar-refractivity contribution in [1.29, 1.82) is 0 Å². The molecular formula is C12H19NO2Si. The van der Waals surface area contributed by atoms with E-state index in [1.807, 2.05) is 30.3 Å². The number of carbonyl (C=O) groups is 1. The summed E-state index contributed by atoms with van der Waals surface area (Å²) in [4.78, 5) is 14.4. The second-order valence-electron chi connectivity index (χ2n) is 4.97. The van der Waals surface area contributed by atoms with E-state index in [9.17, 15) is 4.79 Å². The molecule has 0 radical (unpaired) electrons. The van der Waals surface area contributed by atoms with E-state index in [4.69, 9.17) is 5.11 Å². The fourth-order valence-electron chi connectivity index (χ4n) is 1.57. The first-order chi connectivity index (χ1) is 7.38. The van der Waals surface area contributed by atoms with Crippen LogP contribution in [0.15, 0.2) is 30.3 Å². The number of rotatable bonds is 5. The van der Waals surface area contributed by atoms with Gasteiger partial charge in [-0.25, -0.2) is 0 Å². The topological polar surface area (TPSA) is 49.3 Å². The quantitative estimate of drug-likeness (QED) is 0.771. The first-order valence-corrected chi connectivity index (χ1v) is 8.93. The molecule has 1 aromatic rings. The average Bonchev–Trinajstić information content (AvgIpc) is 2.16. The van der Waals surface area contributed by atoms with Gasteiger partial charge in [0.15, 0.2) is 0 Å². The minimum absolute atomic E-state index is 0.478. The first kappa shape index (κ1) is 12.9. The van der Waals surface area contributed by atoms with Gasteiger partial charge in [-0.05, 0) is 12.0 Å². The number of hydrogen-bond acceptors (Lipinski definition) is 2. The molecule has 0 unspecified atom stereocenters. The van der Waals surface area contributed by atoms with Gasteiger partial charge >= 0.3 is 5.97 Å². The molecule has 3 nitrogen and oxygen atoms in total. The van der Waals surface area contributed by atoms with Gasteiger partial charge in [-0.15, -0.1) is 0 Å². The second-order valence-corrected chi connectivity index (χ2v) is 9.76. The van der Waals surface area contributed by atoms with E-state index in [0.717, 1.165) is 5.56 Å². The summed E-state index contributed by atoms with van der Waals surface area (Å²) in [6, 6.07) is 9.24. The molecule has 0 saturated heterocycles. The Labute approximate surface area is 97.6 Å². The first-order valence-electron chi connectivity index (χ1n) is 5.43. The van der Waals surface area contributed by atoms with Gasteiger partial charge in [0.25, 0.3) is 0 Å². The fourth-order valence-corrected chi connectivity index (χ4v) is 2.84. The van der Waals surface area contributed by atoms with Gasteiger partial charge in [-0.2, -0.15) is 0 Å². The van der Waals surface area contributed by atoms with Gasteiger partial charge in [-0.3, -0.25) is 4.79 Å². The largest absolute Gasteiger partial charge is 0.480 e. The zero-order chi connectivity index (χ0) is 12.2. The SMILES string of the molecule is C[Si](C)(C)N[C@@H](Cc1ccccc1)C(=O)O. The molecule has 0 aliphatic heterocycles. The molecule has 1 atom stereocenters. The van der Waals surface area contributed by atoms with Crippen molar-refractivity contribution < 1.29 is 9.90 Å². The van der Waals surface area contributed by atoms with Gasteiger partial charge < -0.3 is 10.1 Å². The third-order valence-corrected chi connectivity index (χ3v) is 3.40. The van der Waals surface area contributed by atoms with Crippen LogP contribution in [0.4, 0.5) is 0 Å². The number of carboxylic acid groups (broad SMARTS) is 1. The molecule has 88 valence electrons. The van der Waals surface area contributed by atoms with Crippen LogP contribution in [0.3, 0.4) is 0 Å². The zero-order valence-electron chi connectivity index (χ0n) is 10.0. The third kappa shape index (κ3) is 4.59. The minimum atomic E-state index is -1.57. The fraction of sp³-hybridized carbons (Fsp3) is 0.417. The monoisotopic (exact) mass is 237 g/mol. The van der Waals surface area contributed by atoms with Crippen LogP contribution >= 0.6 is 0 Å². The van der Waals surface area contributed by atoms with Crippen molar-refractivity contribution in [3.8, 4) is 0 Å². The lowest BCUT2D eigenvalue weighted by Gasteiger charge is -2.24. The Morgan fingerprint density at radius 1 is 1.31 bits per heavy atom. The molecule has 0 aliphatic rings. The molecule has 0 aromatic heterocycles. The summed E-state index contributed by atoms with van der Waals surface area (Å²) in [5.74, 6) is -0.772. The Morgan fingerprint density at radius 2 is 1.88 bits per heavy atom. The molecule has 2 N–H and O–H groups in total. The lowest BCUT2D eigenvalue weighted by Crippen LogP contribution is -2.52. The Kier molecular flexibility index (Phi) is 4.26. The Morgan fingerprint density at radius 3 is 2.31 bits per heavy atom. The van der Waals surface area contributed by atoms with Crippen molar-refractivity contribution in [2.24, 2.45) is 0 Å². The number of benzene rings is 1. The van der Waals surface area contributed by atoms with Gasteiger partial charge in [0.05, 0.1) is 0 Å². The highest BCUT2D eigenvalue weighted by atomic mass is 28.3. The summed E-state index contributed by atoms with van der Waals surface area (Å²) in [5, 5.41) is 9.16. The lowest BCUT2D eigenvalue weighted by atomic mass is 10.1. The predicted octanol–water partition coefficient (Wildman–Crippen LogP) is 2.11. The van der Waals surface area contributed by atoms with Crippen LogP contribution in [0.1, 0.15) is 5.56 Å². The Bertz CT molecular complexity index is 346. The maximum absolute atomic E-state index is 11.1. The lowest BCUT2D eigenvalue weighted by molar-refractivity contribution is -0.139. The van der Waals surface area contributed by atoms with Crippen molar-refractivity contribution >= 4 is 14.2 Å². The van der Waals surface area contributed by atoms with Crippen LogP contribution in [0.25, 0.3) is 0 Å². The number of aliphatic carboxylic acids is 1. The van der Waals surface area contributed by atoms with Crippen LogP contribution in [0.2, 0.25) is 19.6 Å². The molecule has 0 aliphatic carbocycles. The van der Waals surface area contributed by atoms with E-state index in [1.54, 1.807) is 0 Å². The Balaban J connectivity index is 2.70. The number of nitrogens with one attached hydrogen (secondary N) is 1. The van der Waals surface area contributed by atoms with E-state index >= 15 is 0 Å². The molecule has 0 amide bonds. The molecule has 1 rings (SSSR count). The summed E-state index contributed by atoms with van der Waals surface area (Å²) in [5.41, 5.74) is 1.06. The molecule has 0 fully saturated rings. The third-order valence-electron chi connectivity index (χ3n) is 2.19.